The quantitative estimate of drug-likeness (QED) is 0.755. The maximum atomic E-state index is 12.8. The molecular formula is C23H25ClN2O4. The molecule has 0 saturated carbocycles. The Hall–Kier alpha value is -2.86. The number of nitrogens with zero attached hydrogens (tertiary/aromatic N) is 1. The van der Waals surface area contributed by atoms with Crippen LogP contribution in [0, 0.1) is 0 Å². The minimum Gasteiger partial charge on any atom is -0.495 e. The van der Waals surface area contributed by atoms with Crippen molar-refractivity contribution in [3.8, 4) is 17.2 Å². The molecule has 0 aromatic heterocycles. The minimum atomic E-state index is -0.104. The maximum Gasteiger partial charge on any atom is 0.250 e. The molecule has 0 aliphatic carbocycles. The predicted octanol–water partition coefficient (Wildman–Crippen LogP) is 3.92. The summed E-state index contributed by atoms with van der Waals surface area (Å²) in [4.78, 5) is 15.0. The van der Waals surface area contributed by atoms with E-state index in [2.05, 4.69) is 10.2 Å². The lowest BCUT2D eigenvalue weighted by atomic mass is 10.1. The van der Waals surface area contributed by atoms with Gasteiger partial charge in [-0.15, -0.1) is 0 Å². The fraction of sp³-hybridized carbons (Fsp3) is 0.348. The summed E-state index contributed by atoms with van der Waals surface area (Å²) in [6.45, 7) is 4.23. The first-order chi connectivity index (χ1) is 14.6. The third-order valence-corrected chi connectivity index (χ3v) is 5.54. The average molecular weight is 429 g/mol. The first-order valence-corrected chi connectivity index (χ1v) is 10.5. The van der Waals surface area contributed by atoms with Crippen molar-refractivity contribution >= 4 is 29.3 Å². The van der Waals surface area contributed by atoms with Crippen molar-refractivity contribution in [2.24, 2.45) is 0 Å². The summed E-state index contributed by atoms with van der Waals surface area (Å²) >= 11 is 6.16. The second-order valence-electron chi connectivity index (χ2n) is 7.29. The van der Waals surface area contributed by atoms with E-state index < -0.39 is 0 Å². The number of methoxy groups -OCH3 is 1. The summed E-state index contributed by atoms with van der Waals surface area (Å²) in [7, 11) is 1.65. The summed E-state index contributed by atoms with van der Waals surface area (Å²) in [6.07, 6.45) is 2.73. The maximum absolute atomic E-state index is 12.8. The molecule has 2 heterocycles. The van der Waals surface area contributed by atoms with E-state index in [1.165, 1.54) is 0 Å². The van der Waals surface area contributed by atoms with Crippen LogP contribution in [0.3, 0.4) is 0 Å². The molecule has 0 radical (unpaired) electrons. The van der Waals surface area contributed by atoms with Gasteiger partial charge in [0.25, 0.3) is 5.91 Å². The molecule has 1 fully saturated rings. The number of rotatable bonds is 6. The number of anilines is 1. The molecule has 158 valence electrons. The number of fused-ring (bicyclic) bond motifs is 1. The van der Waals surface area contributed by atoms with Crippen molar-refractivity contribution in [3.63, 3.8) is 0 Å². The Balaban J connectivity index is 1.43. The van der Waals surface area contributed by atoms with Crippen molar-refractivity contribution in [1.82, 2.24) is 5.32 Å². The zero-order chi connectivity index (χ0) is 21.1. The molecular weight excluding hydrogens is 404 g/mol. The van der Waals surface area contributed by atoms with Gasteiger partial charge in [-0.1, -0.05) is 23.7 Å². The Morgan fingerprint density at radius 3 is 2.97 bits per heavy atom. The molecule has 2 aromatic rings. The van der Waals surface area contributed by atoms with Crippen molar-refractivity contribution in [2.45, 2.75) is 19.4 Å². The molecule has 30 heavy (non-hydrogen) atoms. The Kier molecular flexibility index (Phi) is 6.04. The Labute approximate surface area is 181 Å². The number of para-hydroxylation sites is 1. The van der Waals surface area contributed by atoms with E-state index in [1.54, 1.807) is 7.11 Å². The summed E-state index contributed by atoms with van der Waals surface area (Å²) in [5, 5.41) is 3.80. The van der Waals surface area contributed by atoms with E-state index in [4.69, 9.17) is 25.8 Å². The average Bonchev–Trinajstić information content (AvgIpc) is 3.22. The van der Waals surface area contributed by atoms with Crippen LogP contribution in [0.2, 0.25) is 5.02 Å². The summed E-state index contributed by atoms with van der Waals surface area (Å²) < 4.78 is 16.9. The Bertz CT molecular complexity index is 976. The number of halogens is 1. The highest BCUT2D eigenvalue weighted by atomic mass is 35.5. The number of ether oxygens (including phenoxy) is 3. The lowest BCUT2D eigenvalue weighted by Crippen LogP contribution is -2.39. The molecule has 1 saturated heterocycles. The van der Waals surface area contributed by atoms with Gasteiger partial charge >= 0.3 is 0 Å². The molecule has 7 heteroatoms. The topological polar surface area (TPSA) is 60.0 Å². The van der Waals surface area contributed by atoms with E-state index in [0.717, 1.165) is 30.0 Å². The van der Waals surface area contributed by atoms with Crippen molar-refractivity contribution in [3.05, 3.63) is 52.6 Å². The van der Waals surface area contributed by atoms with Crippen LogP contribution in [0.15, 0.2) is 42.0 Å². The molecule has 1 N–H and O–H groups in total. The highest BCUT2D eigenvalue weighted by Crippen LogP contribution is 2.36. The van der Waals surface area contributed by atoms with Gasteiger partial charge < -0.3 is 24.4 Å². The van der Waals surface area contributed by atoms with E-state index >= 15 is 0 Å². The summed E-state index contributed by atoms with van der Waals surface area (Å²) in [5.41, 5.74) is 2.41. The molecule has 2 aromatic carbocycles. The van der Waals surface area contributed by atoms with E-state index in [9.17, 15) is 4.79 Å². The van der Waals surface area contributed by atoms with Gasteiger partial charge in [-0.05, 0) is 43.7 Å². The first-order valence-electron chi connectivity index (χ1n) is 10.1. The summed E-state index contributed by atoms with van der Waals surface area (Å²) in [6, 6.07) is 11.3. The van der Waals surface area contributed by atoms with E-state index in [1.807, 2.05) is 49.4 Å². The van der Waals surface area contributed by atoms with Gasteiger partial charge in [-0.3, -0.25) is 4.79 Å². The minimum absolute atomic E-state index is 0.0400. The van der Waals surface area contributed by atoms with Gasteiger partial charge in [0.15, 0.2) is 11.5 Å². The molecule has 4 rings (SSSR count). The van der Waals surface area contributed by atoms with Gasteiger partial charge in [-0.25, -0.2) is 0 Å². The lowest BCUT2D eigenvalue weighted by Gasteiger charge is -2.23. The molecule has 2 aliphatic heterocycles. The van der Waals surface area contributed by atoms with Crippen LogP contribution >= 0.6 is 11.6 Å². The van der Waals surface area contributed by atoms with Gasteiger partial charge in [0.1, 0.15) is 12.4 Å². The van der Waals surface area contributed by atoms with Crippen LogP contribution in [0.1, 0.15) is 18.9 Å². The van der Waals surface area contributed by atoms with Gasteiger partial charge in [-0.2, -0.15) is 0 Å². The largest absolute Gasteiger partial charge is 0.495 e. The molecule has 1 amide bonds. The second kappa shape index (κ2) is 8.88. The number of benzene rings is 2. The standard InChI is InChI=1S/C23H25ClN2O4/c1-3-29-21-6-4-5-15-11-16(14-30-22(15)21)23(27)25-18-9-10-26(13-18)19-12-17(24)7-8-20(19)28-2/h4-8,11-12,18H,3,9-10,13-14H2,1-2H3,(H,25,27)/t18-/m1/s1. The van der Waals surface area contributed by atoms with Gasteiger partial charge in [0, 0.05) is 29.7 Å². The van der Waals surface area contributed by atoms with Gasteiger partial charge in [0.05, 0.1) is 25.0 Å². The van der Waals surface area contributed by atoms with Crippen LogP contribution in [-0.2, 0) is 4.79 Å². The monoisotopic (exact) mass is 428 g/mol. The highest BCUT2D eigenvalue weighted by Gasteiger charge is 2.28. The SMILES string of the molecule is CCOc1cccc2c1OCC(C(=O)N[C@@H]1CCN(c3cc(Cl)ccc3OC)C1)=C2. The van der Waals surface area contributed by atoms with Crippen molar-refractivity contribution < 1.29 is 19.0 Å². The van der Waals surface area contributed by atoms with E-state index in [-0.39, 0.29) is 18.6 Å². The number of hydrogen-bond acceptors (Lipinski definition) is 5. The fourth-order valence-electron chi connectivity index (χ4n) is 3.87. The summed E-state index contributed by atoms with van der Waals surface area (Å²) in [5.74, 6) is 2.06. The zero-order valence-corrected chi connectivity index (χ0v) is 17.9. The highest BCUT2D eigenvalue weighted by molar-refractivity contribution is 6.31. The normalized spacial score (nSPS) is 17.6. The van der Waals surface area contributed by atoms with Crippen LogP contribution in [0.25, 0.3) is 6.08 Å². The number of hydrogen-bond donors (Lipinski definition) is 1. The van der Waals surface area contributed by atoms with Crippen molar-refractivity contribution in [1.29, 1.82) is 0 Å². The van der Waals surface area contributed by atoms with Crippen molar-refractivity contribution in [2.75, 3.05) is 38.3 Å². The lowest BCUT2D eigenvalue weighted by molar-refractivity contribution is -0.118. The van der Waals surface area contributed by atoms with Crippen LogP contribution < -0.4 is 24.4 Å². The third kappa shape index (κ3) is 4.19. The molecule has 0 unspecified atom stereocenters. The molecule has 0 bridgehead atoms. The van der Waals surface area contributed by atoms with Crippen LogP contribution in [0.5, 0.6) is 17.2 Å². The number of amides is 1. The number of nitrogens with one attached hydrogen (secondary N) is 1. The Morgan fingerprint density at radius 1 is 1.30 bits per heavy atom. The number of carbonyl (C=O) groups excluding carboxylic acids is 1. The molecule has 2 aliphatic rings. The smallest absolute Gasteiger partial charge is 0.250 e. The van der Waals surface area contributed by atoms with Crippen LogP contribution in [-0.4, -0.2) is 45.4 Å². The number of carbonyl (C=O) groups is 1. The fourth-order valence-corrected chi connectivity index (χ4v) is 4.03. The Morgan fingerprint density at radius 2 is 2.17 bits per heavy atom. The van der Waals surface area contributed by atoms with Crippen LogP contribution in [0.4, 0.5) is 5.69 Å². The van der Waals surface area contributed by atoms with Gasteiger partial charge in [0.2, 0.25) is 0 Å². The molecule has 1 atom stereocenters. The molecule has 6 nitrogen and oxygen atoms in total. The molecule has 0 spiro atoms. The second-order valence-corrected chi connectivity index (χ2v) is 7.72. The predicted molar refractivity (Wildman–Crippen MR) is 118 cm³/mol. The van der Waals surface area contributed by atoms with E-state index in [0.29, 0.717) is 35.2 Å². The zero-order valence-electron chi connectivity index (χ0n) is 17.1. The first kappa shape index (κ1) is 20.4. The third-order valence-electron chi connectivity index (χ3n) is 5.31.